The quantitative estimate of drug-likeness (QED) is 0.784. The normalized spacial score (nSPS) is 16.9. The van der Waals surface area contributed by atoms with E-state index in [1.807, 2.05) is 18.3 Å². The zero-order chi connectivity index (χ0) is 11.9. The van der Waals surface area contributed by atoms with E-state index in [1.165, 1.54) is 0 Å². The minimum absolute atomic E-state index is 0.376. The topological polar surface area (TPSA) is 39.2 Å². The molecule has 0 N–H and O–H groups in total. The maximum Gasteiger partial charge on any atom is 0.133 e. The van der Waals surface area contributed by atoms with Crippen molar-refractivity contribution in [2.45, 2.75) is 32.1 Å². The van der Waals surface area contributed by atoms with Gasteiger partial charge in [0.2, 0.25) is 0 Å². The molecule has 3 heteroatoms. The van der Waals surface area contributed by atoms with Gasteiger partial charge in [-0.1, -0.05) is 6.07 Å². The number of ether oxygens (including phenoxy) is 1. The van der Waals surface area contributed by atoms with Crippen LogP contribution in [0.1, 0.15) is 31.2 Å². The number of rotatable bonds is 5. The SMILES string of the molecule is O=C(CCc1cccnc1)CC1CCOCC1. The van der Waals surface area contributed by atoms with Gasteiger partial charge in [0.15, 0.2) is 0 Å². The number of carbonyl (C=O) groups is 1. The van der Waals surface area contributed by atoms with Crippen LogP contribution in [0, 0.1) is 5.92 Å². The van der Waals surface area contributed by atoms with E-state index in [2.05, 4.69) is 4.98 Å². The zero-order valence-electron chi connectivity index (χ0n) is 10.1. The van der Waals surface area contributed by atoms with E-state index in [0.717, 1.165) is 44.5 Å². The third-order valence-corrected chi connectivity index (χ3v) is 3.27. The summed E-state index contributed by atoms with van der Waals surface area (Å²) in [4.78, 5) is 15.9. The fourth-order valence-corrected chi connectivity index (χ4v) is 2.20. The lowest BCUT2D eigenvalue weighted by molar-refractivity contribution is -0.120. The van der Waals surface area contributed by atoms with Crippen LogP contribution in [0.5, 0.6) is 0 Å². The maximum absolute atomic E-state index is 11.8. The summed E-state index contributed by atoms with van der Waals surface area (Å²) in [6.45, 7) is 1.64. The molecule has 1 fully saturated rings. The Kier molecular flexibility index (Phi) is 4.68. The highest BCUT2D eigenvalue weighted by atomic mass is 16.5. The lowest BCUT2D eigenvalue weighted by Gasteiger charge is -2.21. The Balaban J connectivity index is 1.70. The first-order chi connectivity index (χ1) is 8.34. The van der Waals surface area contributed by atoms with Crippen molar-refractivity contribution in [2.75, 3.05) is 13.2 Å². The van der Waals surface area contributed by atoms with E-state index >= 15 is 0 Å². The monoisotopic (exact) mass is 233 g/mol. The Labute approximate surface area is 102 Å². The smallest absolute Gasteiger partial charge is 0.133 e. The predicted octanol–water partition coefficient (Wildman–Crippen LogP) is 2.40. The van der Waals surface area contributed by atoms with Gasteiger partial charge in [0.05, 0.1) is 0 Å². The van der Waals surface area contributed by atoms with Gasteiger partial charge in [0.1, 0.15) is 5.78 Å². The number of pyridine rings is 1. The molecular formula is C14H19NO2. The molecule has 1 aromatic rings. The van der Waals surface area contributed by atoms with Crippen molar-refractivity contribution in [1.82, 2.24) is 4.98 Å². The molecule has 0 radical (unpaired) electrons. The van der Waals surface area contributed by atoms with Crippen molar-refractivity contribution in [3.05, 3.63) is 30.1 Å². The zero-order valence-corrected chi connectivity index (χ0v) is 10.1. The second-order valence-electron chi connectivity index (χ2n) is 4.66. The average Bonchev–Trinajstić information content (AvgIpc) is 2.39. The molecule has 0 spiro atoms. The van der Waals surface area contributed by atoms with Gasteiger partial charge in [-0.05, 0) is 36.8 Å². The van der Waals surface area contributed by atoms with Gasteiger partial charge >= 0.3 is 0 Å². The second-order valence-corrected chi connectivity index (χ2v) is 4.66. The van der Waals surface area contributed by atoms with Gasteiger partial charge in [-0.15, -0.1) is 0 Å². The Bertz CT molecular complexity index is 344. The largest absolute Gasteiger partial charge is 0.381 e. The van der Waals surface area contributed by atoms with Gasteiger partial charge in [-0.3, -0.25) is 9.78 Å². The summed E-state index contributed by atoms with van der Waals surface area (Å²) in [6.07, 6.45) is 7.86. The van der Waals surface area contributed by atoms with Crippen molar-refractivity contribution in [1.29, 1.82) is 0 Å². The Morgan fingerprint density at radius 3 is 2.94 bits per heavy atom. The van der Waals surface area contributed by atoms with Gasteiger partial charge in [-0.25, -0.2) is 0 Å². The number of nitrogens with zero attached hydrogens (tertiary/aromatic N) is 1. The molecule has 92 valence electrons. The van der Waals surface area contributed by atoms with E-state index in [4.69, 9.17) is 4.74 Å². The van der Waals surface area contributed by atoms with Gasteiger partial charge < -0.3 is 4.74 Å². The number of carbonyl (C=O) groups excluding carboxylic acids is 1. The van der Waals surface area contributed by atoms with Crippen LogP contribution in [-0.2, 0) is 16.0 Å². The second kappa shape index (κ2) is 6.50. The number of hydrogen-bond donors (Lipinski definition) is 0. The highest BCUT2D eigenvalue weighted by Gasteiger charge is 2.17. The first kappa shape index (κ1) is 12.2. The van der Waals surface area contributed by atoms with E-state index in [9.17, 15) is 4.79 Å². The summed E-state index contributed by atoms with van der Waals surface area (Å²) in [5.74, 6) is 0.922. The molecule has 0 unspecified atom stereocenters. The molecule has 0 saturated carbocycles. The van der Waals surface area contributed by atoms with Crippen LogP contribution < -0.4 is 0 Å². The third-order valence-electron chi connectivity index (χ3n) is 3.27. The van der Waals surface area contributed by atoms with E-state index in [1.54, 1.807) is 6.20 Å². The van der Waals surface area contributed by atoms with E-state index < -0.39 is 0 Å². The molecule has 1 aliphatic heterocycles. The fourth-order valence-electron chi connectivity index (χ4n) is 2.20. The molecule has 0 amide bonds. The van der Waals surface area contributed by atoms with Crippen LogP contribution in [0.15, 0.2) is 24.5 Å². The number of aryl methyl sites for hydroxylation is 1. The Morgan fingerprint density at radius 2 is 2.24 bits per heavy atom. The maximum atomic E-state index is 11.8. The van der Waals surface area contributed by atoms with Crippen molar-refractivity contribution >= 4 is 5.78 Å². The molecule has 0 bridgehead atoms. The molecule has 0 aromatic carbocycles. The summed E-state index contributed by atoms with van der Waals surface area (Å²) in [5, 5.41) is 0. The molecule has 1 saturated heterocycles. The number of aromatic nitrogens is 1. The number of hydrogen-bond acceptors (Lipinski definition) is 3. The average molecular weight is 233 g/mol. The minimum Gasteiger partial charge on any atom is -0.381 e. The minimum atomic E-state index is 0.376. The molecule has 1 aromatic heterocycles. The van der Waals surface area contributed by atoms with Crippen molar-refractivity contribution in [3.63, 3.8) is 0 Å². The van der Waals surface area contributed by atoms with Crippen LogP contribution in [0.4, 0.5) is 0 Å². The highest BCUT2D eigenvalue weighted by Crippen LogP contribution is 2.19. The summed E-state index contributed by atoms with van der Waals surface area (Å²) in [7, 11) is 0. The molecule has 2 rings (SSSR count). The number of Topliss-reactive ketones (excluding diaryl/α,β-unsaturated/α-hetero) is 1. The van der Waals surface area contributed by atoms with E-state index in [-0.39, 0.29) is 0 Å². The summed E-state index contributed by atoms with van der Waals surface area (Å²) in [6, 6.07) is 3.94. The Morgan fingerprint density at radius 1 is 1.41 bits per heavy atom. The van der Waals surface area contributed by atoms with Crippen LogP contribution in [0.2, 0.25) is 0 Å². The first-order valence-electron chi connectivity index (χ1n) is 6.33. The van der Waals surface area contributed by atoms with E-state index in [0.29, 0.717) is 18.1 Å². The molecule has 1 aliphatic rings. The fraction of sp³-hybridized carbons (Fsp3) is 0.571. The Hall–Kier alpha value is -1.22. The third kappa shape index (κ3) is 4.27. The lowest BCUT2D eigenvalue weighted by atomic mass is 9.92. The first-order valence-corrected chi connectivity index (χ1v) is 6.33. The molecule has 2 heterocycles. The van der Waals surface area contributed by atoms with Crippen LogP contribution in [0.3, 0.4) is 0 Å². The number of ketones is 1. The van der Waals surface area contributed by atoms with Crippen molar-refractivity contribution in [3.8, 4) is 0 Å². The molecule has 0 aliphatic carbocycles. The summed E-state index contributed by atoms with van der Waals surface area (Å²) < 4.78 is 5.29. The van der Waals surface area contributed by atoms with Gasteiger partial charge in [-0.2, -0.15) is 0 Å². The van der Waals surface area contributed by atoms with Crippen LogP contribution in [-0.4, -0.2) is 24.0 Å². The molecule has 3 nitrogen and oxygen atoms in total. The van der Waals surface area contributed by atoms with Crippen molar-refractivity contribution < 1.29 is 9.53 Å². The van der Waals surface area contributed by atoms with Crippen LogP contribution >= 0.6 is 0 Å². The van der Waals surface area contributed by atoms with Gasteiger partial charge in [0, 0.05) is 38.4 Å². The standard InChI is InChI=1S/C14H19NO2/c16-14(10-12-5-8-17-9-6-12)4-3-13-2-1-7-15-11-13/h1-2,7,11-12H,3-6,8-10H2. The summed E-state index contributed by atoms with van der Waals surface area (Å²) >= 11 is 0. The predicted molar refractivity (Wildman–Crippen MR) is 65.7 cm³/mol. The molecular weight excluding hydrogens is 214 g/mol. The molecule has 0 atom stereocenters. The summed E-state index contributed by atoms with van der Waals surface area (Å²) in [5.41, 5.74) is 1.15. The highest BCUT2D eigenvalue weighted by molar-refractivity contribution is 5.78. The molecule has 17 heavy (non-hydrogen) atoms. The van der Waals surface area contributed by atoms with Crippen molar-refractivity contribution in [2.24, 2.45) is 5.92 Å². The lowest BCUT2D eigenvalue weighted by Crippen LogP contribution is -2.18. The van der Waals surface area contributed by atoms with Gasteiger partial charge in [0.25, 0.3) is 0 Å². The van der Waals surface area contributed by atoms with Crippen LogP contribution in [0.25, 0.3) is 0 Å².